The summed E-state index contributed by atoms with van der Waals surface area (Å²) in [4.78, 5) is 8.70. The zero-order chi connectivity index (χ0) is 15.6. The third-order valence-electron chi connectivity index (χ3n) is 3.35. The van der Waals surface area contributed by atoms with Crippen LogP contribution in [0.3, 0.4) is 0 Å². The molecular formula is C17H23ClN4. The number of halogens is 1. The molecule has 0 saturated carbocycles. The lowest BCUT2D eigenvalue weighted by molar-refractivity contribution is 0.740. The van der Waals surface area contributed by atoms with Gasteiger partial charge in [0.15, 0.2) is 0 Å². The molecule has 1 aromatic heterocycles. The molecule has 2 N–H and O–H groups in total. The molecule has 0 radical (unpaired) electrons. The van der Waals surface area contributed by atoms with Gasteiger partial charge in [0.1, 0.15) is 5.82 Å². The van der Waals surface area contributed by atoms with Crippen LogP contribution in [0.1, 0.15) is 31.7 Å². The minimum Gasteiger partial charge on any atom is -0.370 e. The van der Waals surface area contributed by atoms with Crippen molar-refractivity contribution >= 4 is 23.4 Å². The highest BCUT2D eigenvalue weighted by molar-refractivity contribution is 6.30. The number of nitrogens with one attached hydrogen (secondary N) is 2. The Kier molecular flexibility index (Phi) is 6.97. The van der Waals surface area contributed by atoms with Gasteiger partial charge >= 0.3 is 0 Å². The molecule has 0 saturated heterocycles. The van der Waals surface area contributed by atoms with E-state index in [2.05, 4.69) is 27.5 Å². The van der Waals surface area contributed by atoms with Gasteiger partial charge in [-0.3, -0.25) is 0 Å². The summed E-state index contributed by atoms with van der Waals surface area (Å²) in [6.07, 6.45) is 6.30. The topological polar surface area (TPSA) is 49.8 Å². The lowest BCUT2D eigenvalue weighted by Gasteiger charge is -2.08. The zero-order valence-corrected chi connectivity index (χ0v) is 13.7. The van der Waals surface area contributed by atoms with Gasteiger partial charge < -0.3 is 10.6 Å². The summed E-state index contributed by atoms with van der Waals surface area (Å²) in [5, 5.41) is 7.35. The van der Waals surface area contributed by atoms with Crippen molar-refractivity contribution in [2.45, 2.75) is 32.6 Å². The maximum absolute atomic E-state index is 5.88. The van der Waals surface area contributed by atoms with Crippen LogP contribution in [0.5, 0.6) is 0 Å². The number of benzene rings is 1. The van der Waals surface area contributed by atoms with Crippen LogP contribution in [-0.2, 0) is 6.42 Å². The zero-order valence-electron chi connectivity index (χ0n) is 13.0. The predicted molar refractivity (Wildman–Crippen MR) is 93.7 cm³/mol. The van der Waals surface area contributed by atoms with Gasteiger partial charge in [-0.1, -0.05) is 43.5 Å². The van der Waals surface area contributed by atoms with Gasteiger partial charge in [0.2, 0.25) is 5.95 Å². The average molecular weight is 319 g/mol. The van der Waals surface area contributed by atoms with E-state index < -0.39 is 0 Å². The Morgan fingerprint density at radius 1 is 1.00 bits per heavy atom. The second-order valence-corrected chi connectivity index (χ2v) is 5.64. The Morgan fingerprint density at radius 2 is 1.82 bits per heavy atom. The van der Waals surface area contributed by atoms with Gasteiger partial charge in [-0.15, -0.1) is 0 Å². The summed E-state index contributed by atoms with van der Waals surface area (Å²) >= 11 is 5.88. The lowest BCUT2D eigenvalue weighted by Crippen LogP contribution is -2.09. The van der Waals surface area contributed by atoms with E-state index in [1.165, 1.54) is 18.4 Å². The van der Waals surface area contributed by atoms with Crippen LogP contribution >= 0.6 is 11.6 Å². The minimum atomic E-state index is 0.688. The van der Waals surface area contributed by atoms with Gasteiger partial charge in [0.05, 0.1) is 0 Å². The van der Waals surface area contributed by atoms with Crippen LogP contribution < -0.4 is 10.6 Å². The molecule has 2 rings (SSSR count). The molecule has 1 heterocycles. The van der Waals surface area contributed by atoms with Crippen LogP contribution in [0, 0.1) is 0 Å². The average Bonchev–Trinajstić information content (AvgIpc) is 2.54. The fourth-order valence-electron chi connectivity index (χ4n) is 2.10. The molecule has 0 amide bonds. The van der Waals surface area contributed by atoms with E-state index in [0.717, 1.165) is 36.8 Å². The molecule has 4 nitrogen and oxygen atoms in total. The summed E-state index contributed by atoms with van der Waals surface area (Å²) in [6.45, 7) is 3.94. The molecule has 0 fully saturated rings. The molecule has 2 aromatic rings. The van der Waals surface area contributed by atoms with Crippen LogP contribution in [0.2, 0.25) is 5.02 Å². The monoisotopic (exact) mass is 318 g/mol. The molecule has 0 bridgehead atoms. The van der Waals surface area contributed by atoms with Crippen LogP contribution in [-0.4, -0.2) is 23.1 Å². The van der Waals surface area contributed by atoms with Crippen molar-refractivity contribution in [1.82, 2.24) is 9.97 Å². The van der Waals surface area contributed by atoms with Gasteiger partial charge in [-0.05, 0) is 36.6 Å². The lowest BCUT2D eigenvalue weighted by atomic mass is 10.1. The molecule has 0 aliphatic rings. The fourth-order valence-corrected chi connectivity index (χ4v) is 2.23. The highest BCUT2D eigenvalue weighted by atomic mass is 35.5. The standard InChI is InChI=1S/C17H23ClN4/c1-2-3-4-11-20-17-21-13-10-16(22-17)19-12-9-14-5-7-15(18)8-6-14/h5-8,10,13H,2-4,9,11-12H2,1H3,(H2,19,20,21,22). The first-order valence-electron chi connectivity index (χ1n) is 7.83. The van der Waals surface area contributed by atoms with E-state index in [1.807, 2.05) is 30.3 Å². The van der Waals surface area contributed by atoms with E-state index in [1.54, 1.807) is 6.20 Å². The van der Waals surface area contributed by atoms with Crippen molar-refractivity contribution in [2.24, 2.45) is 0 Å². The Bertz CT molecular complexity index is 557. The largest absolute Gasteiger partial charge is 0.370 e. The first-order valence-corrected chi connectivity index (χ1v) is 8.21. The Morgan fingerprint density at radius 3 is 2.59 bits per heavy atom. The van der Waals surface area contributed by atoms with E-state index in [0.29, 0.717) is 5.95 Å². The Hall–Kier alpha value is -1.81. The van der Waals surface area contributed by atoms with E-state index in [9.17, 15) is 0 Å². The van der Waals surface area contributed by atoms with E-state index in [-0.39, 0.29) is 0 Å². The van der Waals surface area contributed by atoms with Crippen molar-refractivity contribution in [3.8, 4) is 0 Å². The quantitative estimate of drug-likeness (QED) is 0.673. The third-order valence-corrected chi connectivity index (χ3v) is 3.60. The molecule has 0 unspecified atom stereocenters. The van der Waals surface area contributed by atoms with Gasteiger partial charge in [-0.2, -0.15) is 4.98 Å². The highest BCUT2D eigenvalue weighted by Gasteiger charge is 1.99. The van der Waals surface area contributed by atoms with Crippen molar-refractivity contribution < 1.29 is 0 Å². The van der Waals surface area contributed by atoms with Crippen LogP contribution in [0.4, 0.5) is 11.8 Å². The Labute approximate surface area is 137 Å². The van der Waals surface area contributed by atoms with Gasteiger partial charge in [0.25, 0.3) is 0 Å². The SMILES string of the molecule is CCCCCNc1nccc(NCCc2ccc(Cl)cc2)n1. The first kappa shape index (κ1) is 16.6. The van der Waals surface area contributed by atoms with Crippen LogP contribution in [0.15, 0.2) is 36.5 Å². The first-order chi connectivity index (χ1) is 10.8. The van der Waals surface area contributed by atoms with Crippen molar-refractivity contribution in [1.29, 1.82) is 0 Å². The van der Waals surface area contributed by atoms with E-state index >= 15 is 0 Å². The Balaban J connectivity index is 1.76. The van der Waals surface area contributed by atoms with Gasteiger partial charge in [-0.25, -0.2) is 4.98 Å². The third kappa shape index (κ3) is 5.90. The van der Waals surface area contributed by atoms with Crippen molar-refractivity contribution in [3.63, 3.8) is 0 Å². The molecule has 0 spiro atoms. The number of rotatable bonds is 9. The summed E-state index contributed by atoms with van der Waals surface area (Å²) in [5.41, 5.74) is 1.25. The van der Waals surface area contributed by atoms with Crippen molar-refractivity contribution in [2.75, 3.05) is 23.7 Å². The molecule has 1 aromatic carbocycles. The number of aromatic nitrogens is 2. The maximum Gasteiger partial charge on any atom is 0.224 e. The fraction of sp³-hybridized carbons (Fsp3) is 0.412. The summed E-state index contributed by atoms with van der Waals surface area (Å²) in [6, 6.07) is 9.81. The molecule has 118 valence electrons. The summed E-state index contributed by atoms with van der Waals surface area (Å²) in [5.74, 6) is 1.54. The smallest absolute Gasteiger partial charge is 0.224 e. The maximum atomic E-state index is 5.88. The van der Waals surface area contributed by atoms with Crippen LogP contribution in [0.25, 0.3) is 0 Å². The normalized spacial score (nSPS) is 10.5. The van der Waals surface area contributed by atoms with Gasteiger partial charge in [0, 0.05) is 24.3 Å². The second kappa shape index (κ2) is 9.26. The van der Waals surface area contributed by atoms with Crippen molar-refractivity contribution in [3.05, 3.63) is 47.1 Å². The number of hydrogen-bond acceptors (Lipinski definition) is 4. The number of hydrogen-bond donors (Lipinski definition) is 2. The molecule has 0 atom stereocenters. The predicted octanol–water partition coefficient (Wildman–Crippen LogP) is 4.39. The molecular weight excluding hydrogens is 296 g/mol. The molecule has 0 aliphatic carbocycles. The molecule has 22 heavy (non-hydrogen) atoms. The molecule has 0 aliphatic heterocycles. The second-order valence-electron chi connectivity index (χ2n) is 5.20. The highest BCUT2D eigenvalue weighted by Crippen LogP contribution is 2.11. The van der Waals surface area contributed by atoms with E-state index in [4.69, 9.17) is 11.6 Å². The summed E-state index contributed by atoms with van der Waals surface area (Å²) < 4.78 is 0. The molecule has 5 heteroatoms. The summed E-state index contributed by atoms with van der Waals surface area (Å²) in [7, 11) is 0. The number of anilines is 2. The number of unbranched alkanes of at least 4 members (excludes halogenated alkanes) is 2. The number of nitrogens with zero attached hydrogens (tertiary/aromatic N) is 2. The minimum absolute atomic E-state index is 0.688.